The molecule has 1 N–H and O–H groups in total. The van der Waals surface area contributed by atoms with E-state index in [1.54, 1.807) is 13.2 Å². The number of carboxylic acids is 1. The molecule has 100 valence electrons. The minimum atomic E-state index is -0.889. The molecule has 2 rings (SSSR count). The number of benzene rings is 1. The van der Waals surface area contributed by atoms with Gasteiger partial charge in [-0.2, -0.15) is 0 Å². The molecule has 4 nitrogen and oxygen atoms in total. The summed E-state index contributed by atoms with van der Waals surface area (Å²) in [6.07, 6.45) is 0. The molecule has 0 radical (unpaired) electrons. The Hall–Kier alpha value is -2.23. The van der Waals surface area contributed by atoms with Crippen molar-refractivity contribution in [3.8, 4) is 17.0 Å². The maximum absolute atomic E-state index is 11.2. The lowest BCUT2D eigenvalue weighted by Gasteiger charge is -2.09. The first kappa shape index (κ1) is 13.2. The normalized spacial score (nSPS) is 10.5. The Morgan fingerprint density at radius 1 is 1.32 bits per heavy atom. The molecular formula is C15H17NO3. The van der Waals surface area contributed by atoms with E-state index < -0.39 is 5.97 Å². The topological polar surface area (TPSA) is 51.5 Å². The molecule has 2 aromatic rings. The summed E-state index contributed by atoms with van der Waals surface area (Å²) in [5.41, 5.74) is 3.03. The van der Waals surface area contributed by atoms with Crippen LogP contribution >= 0.6 is 0 Å². The number of carbonyl (C=O) groups is 1. The number of rotatable bonds is 4. The average molecular weight is 259 g/mol. The second kappa shape index (κ2) is 5.18. The lowest BCUT2D eigenvalue weighted by molar-refractivity contribution is 0.0696. The Morgan fingerprint density at radius 3 is 2.42 bits per heavy atom. The zero-order chi connectivity index (χ0) is 14.0. The van der Waals surface area contributed by atoms with E-state index >= 15 is 0 Å². The molecule has 19 heavy (non-hydrogen) atoms. The fraction of sp³-hybridized carbons (Fsp3) is 0.267. The molecule has 0 saturated carbocycles. The quantitative estimate of drug-likeness (QED) is 0.917. The van der Waals surface area contributed by atoms with Crippen molar-refractivity contribution in [2.24, 2.45) is 0 Å². The van der Waals surface area contributed by atoms with E-state index in [-0.39, 0.29) is 0 Å². The molecular weight excluding hydrogens is 242 g/mol. The van der Waals surface area contributed by atoms with E-state index in [0.29, 0.717) is 5.56 Å². The monoisotopic (exact) mass is 259 g/mol. The minimum Gasteiger partial charge on any atom is -0.497 e. The van der Waals surface area contributed by atoms with E-state index in [1.165, 1.54) is 0 Å². The van der Waals surface area contributed by atoms with Gasteiger partial charge in [0.2, 0.25) is 0 Å². The first-order valence-electron chi connectivity index (χ1n) is 6.16. The van der Waals surface area contributed by atoms with Crippen LogP contribution in [0.5, 0.6) is 5.75 Å². The second-order valence-electron chi connectivity index (χ2n) is 4.31. The van der Waals surface area contributed by atoms with Crippen LogP contribution in [0.1, 0.15) is 23.0 Å². The summed E-state index contributed by atoms with van der Waals surface area (Å²) >= 11 is 0. The summed E-state index contributed by atoms with van der Waals surface area (Å²) in [5.74, 6) is -0.104. The van der Waals surface area contributed by atoms with E-state index in [1.807, 2.05) is 42.7 Å². The largest absolute Gasteiger partial charge is 0.497 e. The number of nitrogens with zero attached hydrogens (tertiary/aromatic N) is 1. The molecule has 0 amide bonds. The van der Waals surface area contributed by atoms with E-state index in [9.17, 15) is 9.90 Å². The van der Waals surface area contributed by atoms with Gasteiger partial charge in [0, 0.05) is 17.9 Å². The minimum absolute atomic E-state index is 0.354. The van der Waals surface area contributed by atoms with Crippen LogP contribution in [0, 0.1) is 6.92 Å². The first-order valence-corrected chi connectivity index (χ1v) is 6.16. The molecule has 4 heteroatoms. The Bertz CT molecular complexity index is 597. The molecule has 0 aliphatic rings. The molecule has 0 spiro atoms. The Morgan fingerprint density at radius 2 is 1.95 bits per heavy atom. The predicted molar refractivity (Wildman–Crippen MR) is 73.8 cm³/mol. The number of carboxylic acid groups (broad SMARTS) is 1. The molecule has 0 fully saturated rings. The van der Waals surface area contributed by atoms with Crippen molar-refractivity contribution >= 4 is 5.97 Å². The van der Waals surface area contributed by atoms with Gasteiger partial charge in [0.25, 0.3) is 0 Å². The van der Waals surface area contributed by atoms with Crippen LogP contribution in [-0.2, 0) is 6.54 Å². The highest BCUT2D eigenvalue weighted by atomic mass is 16.5. The van der Waals surface area contributed by atoms with Gasteiger partial charge in [-0.3, -0.25) is 0 Å². The van der Waals surface area contributed by atoms with Crippen molar-refractivity contribution in [2.45, 2.75) is 20.4 Å². The summed E-state index contributed by atoms with van der Waals surface area (Å²) in [5, 5.41) is 9.19. The number of ether oxygens (including phenoxy) is 1. The van der Waals surface area contributed by atoms with Crippen LogP contribution in [0.15, 0.2) is 30.3 Å². The van der Waals surface area contributed by atoms with Gasteiger partial charge in [-0.15, -0.1) is 0 Å². The van der Waals surface area contributed by atoms with Gasteiger partial charge in [-0.1, -0.05) is 0 Å². The van der Waals surface area contributed by atoms with Crippen LogP contribution in [0.3, 0.4) is 0 Å². The second-order valence-corrected chi connectivity index (χ2v) is 4.31. The van der Waals surface area contributed by atoms with Crippen LogP contribution in [0.2, 0.25) is 0 Å². The van der Waals surface area contributed by atoms with Crippen molar-refractivity contribution in [1.82, 2.24) is 4.57 Å². The summed E-state index contributed by atoms with van der Waals surface area (Å²) < 4.78 is 7.13. The van der Waals surface area contributed by atoms with Gasteiger partial charge in [0.1, 0.15) is 5.75 Å². The molecule has 1 heterocycles. The van der Waals surface area contributed by atoms with Crippen molar-refractivity contribution in [2.75, 3.05) is 7.11 Å². The zero-order valence-corrected chi connectivity index (χ0v) is 11.3. The summed E-state index contributed by atoms with van der Waals surface area (Å²) in [7, 11) is 1.62. The van der Waals surface area contributed by atoms with Crippen molar-refractivity contribution in [1.29, 1.82) is 0 Å². The Labute approximate surface area is 112 Å². The van der Waals surface area contributed by atoms with E-state index in [0.717, 1.165) is 29.2 Å². The maximum Gasteiger partial charge on any atom is 0.337 e. The van der Waals surface area contributed by atoms with Gasteiger partial charge in [0.05, 0.1) is 12.7 Å². The van der Waals surface area contributed by atoms with Crippen LogP contribution < -0.4 is 4.74 Å². The molecule has 1 aromatic carbocycles. The maximum atomic E-state index is 11.2. The molecule has 0 atom stereocenters. The highest BCUT2D eigenvalue weighted by Crippen LogP contribution is 2.27. The van der Waals surface area contributed by atoms with Crippen LogP contribution in [0.4, 0.5) is 0 Å². The van der Waals surface area contributed by atoms with E-state index in [4.69, 9.17) is 4.74 Å². The number of aromatic carboxylic acids is 1. The molecule has 0 saturated heterocycles. The zero-order valence-electron chi connectivity index (χ0n) is 11.3. The highest BCUT2D eigenvalue weighted by molar-refractivity contribution is 5.91. The summed E-state index contributed by atoms with van der Waals surface area (Å²) in [4.78, 5) is 11.2. The molecule has 1 aromatic heterocycles. The first-order chi connectivity index (χ1) is 9.08. The highest BCUT2D eigenvalue weighted by Gasteiger charge is 2.16. The van der Waals surface area contributed by atoms with Crippen molar-refractivity contribution < 1.29 is 14.6 Å². The number of aromatic nitrogens is 1. The van der Waals surface area contributed by atoms with Crippen LogP contribution in [-0.4, -0.2) is 22.8 Å². The summed E-state index contributed by atoms with van der Waals surface area (Å²) in [6.45, 7) is 4.58. The fourth-order valence-electron chi connectivity index (χ4n) is 2.27. The number of hydrogen-bond donors (Lipinski definition) is 1. The standard InChI is InChI=1S/C15H17NO3/c1-4-16-10(2)13(15(17)18)9-14(16)11-5-7-12(19-3)8-6-11/h5-9H,4H2,1-3H3,(H,17,18). The number of methoxy groups -OCH3 is 1. The molecule has 0 aliphatic carbocycles. The van der Waals surface area contributed by atoms with Gasteiger partial charge in [0.15, 0.2) is 0 Å². The van der Waals surface area contributed by atoms with Crippen molar-refractivity contribution in [3.63, 3.8) is 0 Å². The third-order valence-corrected chi connectivity index (χ3v) is 3.30. The third-order valence-electron chi connectivity index (χ3n) is 3.30. The van der Waals surface area contributed by atoms with Gasteiger partial charge in [-0.05, 0) is 49.7 Å². The predicted octanol–water partition coefficient (Wildman–Crippen LogP) is 3.19. The van der Waals surface area contributed by atoms with Gasteiger partial charge >= 0.3 is 5.97 Å². The number of hydrogen-bond acceptors (Lipinski definition) is 2. The fourth-order valence-corrected chi connectivity index (χ4v) is 2.27. The van der Waals surface area contributed by atoms with Gasteiger partial charge in [-0.25, -0.2) is 4.79 Å². The lowest BCUT2D eigenvalue weighted by Crippen LogP contribution is -2.02. The Balaban J connectivity index is 2.54. The molecule has 0 aliphatic heterocycles. The van der Waals surface area contributed by atoms with E-state index in [2.05, 4.69) is 0 Å². The van der Waals surface area contributed by atoms with Crippen LogP contribution in [0.25, 0.3) is 11.3 Å². The average Bonchev–Trinajstić information content (AvgIpc) is 2.76. The smallest absolute Gasteiger partial charge is 0.337 e. The summed E-state index contributed by atoms with van der Waals surface area (Å²) in [6, 6.07) is 9.34. The third kappa shape index (κ3) is 2.34. The Kier molecular flexibility index (Phi) is 3.60. The SMILES string of the molecule is CCn1c(-c2ccc(OC)cc2)cc(C(=O)O)c1C. The lowest BCUT2D eigenvalue weighted by atomic mass is 10.1. The molecule has 0 unspecified atom stereocenters. The van der Waals surface area contributed by atoms with Crippen molar-refractivity contribution in [3.05, 3.63) is 41.6 Å². The van der Waals surface area contributed by atoms with Gasteiger partial charge < -0.3 is 14.4 Å². The molecule has 0 bridgehead atoms.